The number of hydrogen-bond acceptors (Lipinski definition) is 4. The van der Waals surface area contributed by atoms with Gasteiger partial charge in [-0.1, -0.05) is 12.1 Å². The lowest BCUT2D eigenvalue weighted by Crippen LogP contribution is -2.38. The van der Waals surface area contributed by atoms with Gasteiger partial charge in [-0.2, -0.15) is 0 Å². The molecule has 148 valence electrons. The summed E-state index contributed by atoms with van der Waals surface area (Å²) in [4.78, 5) is 34.8. The van der Waals surface area contributed by atoms with E-state index in [2.05, 4.69) is 10.6 Å². The van der Waals surface area contributed by atoms with Crippen LogP contribution in [0.4, 0.5) is 5.69 Å². The predicted molar refractivity (Wildman–Crippen MR) is 106 cm³/mol. The summed E-state index contributed by atoms with van der Waals surface area (Å²) in [7, 11) is 1.62. The fraction of sp³-hybridized carbons (Fsp3) is 0.286. The van der Waals surface area contributed by atoms with Crippen LogP contribution >= 0.6 is 0 Å². The van der Waals surface area contributed by atoms with Gasteiger partial charge in [0.1, 0.15) is 11.8 Å². The zero-order chi connectivity index (χ0) is 20.5. The lowest BCUT2D eigenvalue weighted by molar-refractivity contribution is -0.138. The third-order valence-corrected chi connectivity index (χ3v) is 4.18. The molecule has 0 heterocycles. The smallest absolute Gasteiger partial charge is 0.325 e. The van der Waals surface area contributed by atoms with Crippen LogP contribution in [-0.2, 0) is 16.0 Å². The average molecular weight is 384 g/mol. The summed E-state index contributed by atoms with van der Waals surface area (Å²) in [5, 5.41) is 14.0. The molecule has 0 saturated heterocycles. The zero-order valence-electron chi connectivity index (χ0n) is 15.9. The van der Waals surface area contributed by atoms with Gasteiger partial charge in [-0.15, -0.1) is 0 Å². The van der Waals surface area contributed by atoms with Gasteiger partial charge in [0.15, 0.2) is 0 Å². The molecule has 7 nitrogen and oxygen atoms in total. The minimum absolute atomic E-state index is 0.106. The molecule has 7 heteroatoms. The largest absolute Gasteiger partial charge is 0.497 e. The molecule has 0 saturated carbocycles. The second-order valence-electron chi connectivity index (χ2n) is 6.36. The Morgan fingerprint density at radius 2 is 1.68 bits per heavy atom. The second-order valence-corrected chi connectivity index (χ2v) is 6.36. The van der Waals surface area contributed by atoms with Gasteiger partial charge in [0.2, 0.25) is 5.91 Å². The van der Waals surface area contributed by atoms with Crippen molar-refractivity contribution in [2.45, 2.75) is 32.2 Å². The van der Waals surface area contributed by atoms with E-state index in [1.165, 1.54) is 19.1 Å². The Labute approximate surface area is 163 Å². The maximum Gasteiger partial charge on any atom is 0.325 e. The third-order valence-electron chi connectivity index (χ3n) is 4.18. The summed E-state index contributed by atoms with van der Waals surface area (Å²) in [6.07, 6.45) is 1.88. The van der Waals surface area contributed by atoms with E-state index in [1.54, 1.807) is 19.2 Å². The molecule has 3 N–H and O–H groups in total. The number of ether oxygens (including phenoxy) is 1. The van der Waals surface area contributed by atoms with Crippen LogP contribution in [0.5, 0.6) is 5.75 Å². The molecular weight excluding hydrogens is 360 g/mol. The Balaban J connectivity index is 1.78. The van der Waals surface area contributed by atoms with Crippen LogP contribution in [0.3, 0.4) is 0 Å². The van der Waals surface area contributed by atoms with Crippen LogP contribution < -0.4 is 15.4 Å². The van der Waals surface area contributed by atoms with Crippen molar-refractivity contribution in [2.24, 2.45) is 0 Å². The minimum atomic E-state index is -1.10. The summed E-state index contributed by atoms with van der Waals surface area (Å²) in [6.45, 7) is 1.39. The Morgan fingerprint density at radius 1 is 1.04 bits per heavy atom. The lowest BCUT2D eigenvalue weighted by Gasteiger charge is -2.10. The molecule has 0 aliphatic carbocycles. The van der Waals surface area contributed by atoms with Gasteiger partial charge in [-0.25, -0.2) is 0 Å². The average Bonchev–Trinajstić information content (AvgIpc) is 2.69. The van der Waals surface area contributed by atoms with Crippen molar-refractivity contribution in [3.63, 3.8) is 0 Å². The number of carbonyl (C=O) groups is 3. The number of anilines is 1. The highest BCUT2D eigenvalue weighted by Gasteiger charge is 2.15. The van der Waals surface area contributed by atoms with E-state index < -0.39 is 17.9 Å². The molecule has 2 amide bonds. The number of carboxylic acids is 1. The number of aryl methyl sites for hydroxylation is 1. The van der Waals surface area contributed by atoms with E-state index in [0.717, 1.165) is 17.7 Å². The number of rotatable bonds is 9. The highest BCUT2D eigenvalue weighted by molar-refractivity contribution is 5.97. The third kappa shape index (κ3) is 6.42. The van der Waals surface area contributed by atoms with E-state index in [1.807, 2.05) is 24.3 Å². The van der Waals surface area contributed by atoms with Crippen LogP contribution in [0.2, 0.25) is 0 Å². The number of hydrogen-bond donors (Lipinski definition) is 3. The van der Waals surface area contributed by atoms with Gasteiger partial charge in [0.25, 0.3) is 5.91 Å². The minimum Gasteiger partial charge on any atom is -0.497 e. The molecule has 0 bridgehead atoms. The summed E-state index contributed by atoms with van der Waals surface area (Å²) in [5.41, 5.74) is 2.04. The monoisotopic (exact) mass is 384 g/mol. The van der Waals surface area contributed by atoms with Gasteiger partial charge in [0, 0.05) is 17.7 Å². The molecule has 2 aromatic rings. The SMILES string of the molecule is COc1ccc(CCCC(=O)Nc2ccc(C(=O)NC(C)C(=O)O)cc2)cc1. The summed E-state index contributed by atoms with van der Waals surface area (Å²) < 4.78 is 5.12. The van der Waals surface area contributed by atoms with Crippen LogP contribution in [0.1, 0.15) is 35.7 Å². The Bertz CT molecular complexity index is 816. The molecule has 0 aromatic heterocycles. The fourth-order valence-corrected chi connectivity index (χ4v) is 2.52. The molecule has 0 aliphatic rings. The van der Waals surface area contributed by atoms with Crippen molar-refractivity contribution in [1.29, 1.82) is 0 Å². The number of methoxy groups -OCH3 is 1. The number of nitrogens with one attached hydrogen (secondary N) is 2. The first-order valence-electron chi connectivity index (χ1n) is 8.95. The summed E-state index contributed by atoms with van der Waals surface area (Å²) >= 11 is 0. The van der Waals surface area contributed by atoms with Crippen molar-refractivity contribution in [1.82, 2.24) is 5.32 Å². The van der Waals surface area contributed by atoms with E-state index in [4.69, 9.17) is 9.84 Å². The van der Waals surface area contributed by atoms with Crippen LogP contribution in [0, 0.1) is 0 Å². The maximum absolute atomic E-state index is 12.1. The van der Waals surface area contributed by atoms with Crippen molar-refractivity contribution in [3.8, 4) is 5.75 Å². The molecule has 28 heavy (non-hydrogen) atoms. The molecule has 0 fully saturated rings. The van der Waals surface area contributed by atoms with Gasteiger partial charge < -0.3 is 20.5 Å². The molecule has 2 aromatic carbocycles. The highest BCUT2D eigenvalue weighted by atomic mass is 16.5. The van der Waals surface area contributed by atoms with E-state index in [0.29, 0.717) is 24.1 Å². The fourth-order valence-electron chi connectivity index (χ4n) is 2.52. The van der Waals surface area contributed by atoms with Crippen molar-refractivity contribution in [3.05, 3.63) is 59.7 Å². The Kier molecular flexibility index (Phi) is 7.56. The normalized spacial score (nSPS) is 11.4. The molecule has 1 atom stereocenters. The number of carboxylic acid groups (broad SMARTS) is 1. The van der Waals surface area contributed by atoms with Gasteiger partial charge in [-0.05, 0) is 61.7 Å². The molecule has 2 rings (SSSR count). The molecule has 0 radical (unpaired) electrons. The van der Waals surface area contributed by atoms with Crippen LogP contribution in [0.15, 0.2) is 48.5 Å². The molecule has 0 spiro atoms. The quantitative estimate of drug-likeness (QED) is 0.617. The summed E-state index contributed by atoms with van der Waals surface area (Å²) in [5.74, 6) is -0.889. The zero-order valence-corrected chi connectivity index (χ0v) is 15.9. The van der Waals surface area contributed by atoms with E-state index in [9.17, 15) is 14.4 Å². The highest BCUT2D eigenvalue weighted by Crippen LogP contribution is 2.14. The molecule has 1 unspecified atom stereocenters. The van der Waals surface area contributed by atoms with E-state index in [-0.39, 0.29) is 5.91 Å². The van der Waals surface area contributed by atoms with Gasteiger partial charge >= 0.3 is 5.97 Å². The van der Waals surface area contributed by atoms with Crippen LogP contribution in [-0.4, -0.2) is 36.0 Å². The van der Waals surface area contributed by atoms with Crippen molar-refractivity contribution < 1.29 is 24.2 Å². The van der Waals surface area contributed by atoms with Crippen molar-refractivity contribution in [2.75, 3.05) is 12.4 Å². The maximum atomic E-state index is 12.1. The Morgan fingerprint density at radius 3 is 2.25 bits per heavy atom. The van der Waals surface area contributed by atoms with Gasteiger partial charge in [-0.3, -0.25) is 14.4 Å². The number of amides is 2. The summed E-state index contributed by atoms with van der Waals surface area (Å²) in [6, 6.07) is 13.1. The topological polar surface area (TPSA) is 105 Å². The first kappa shape index (κ1) is 21.0. The number of benzene rings is 2. The standard InChI is InChI=1S/C21H24N2O5/c1-14(21(26)27)22-20(25)16-8-10-17(11-9-16)23-19(24)5-3-4-15-6-12-18(28-2)13-7-15/h6-14H,3-5H2,1-2H3,(H,22,25)(H,23,24)(H,26,27). The Hall–Kier alpha value is -3.35. The van der Waals surface area contributed by atoms with Gasteiger partial charge in [0.05, 0.1) is 7.11 Å². The van der Waals surface area contributed by atoms with Crippen LogP contribution in [0.25, 0.3) is 0 Å². The number of aliphatic carboxylic acids is 1. The number of carbonyl (C=O) groups excluding carboxylic acids is 2. The lowest BCUT2D eigenvalue weighted by atomic mass is 10.1. The second kappa shape index (κ2) is 10.1. The first-order chi connectivity index (χ1) is 13.4. The molecular formula is C21H24N2O5. The van der Waals surface area contributed by atoms with E-state index >= 15 is 0 Å². The predicted octanol–water partition coefficient (Wildman–Crippen LogP) is 2.86. The first-order valence-corrected chi connectivity index (χ1v) is 8.95. The molecule has 0 aliphatic heterocycles. The van der Waals surface area contributed by atoms with Crippen molar-refractivity contribution >= 4 is 23.5 Å².